The van der Waals surface area contributed by atoms with E-state index in [9.17, 15) is 0 Å². The summed E-state index contributed by atoms with van der Waals surface area (Å²) in [4.78, 5) is 15.9. The molecule has 0 bridgehead atoms. The van der Waals surface area contributed by atoms with Crippen LogP contribution < -0.4 is 20.9 Å². The van der Waals surface area contributed by atoms with Crippen LogP contribution in [0.5, 0.6) is 0 Å². The normalized spacial score (nSPS) is 16.5. The summed E-state index contributed by atoms with van der Waals surface area (Å²) >= 11 is 0. The third-order valence-corrected chi connectivity index (χ3v) is 3.00. The zero-order chi connectivity index (χ0) is 16.4. The Kier molecular flexibility index (Phi) is 4.75. The van der Waals surface area contributed by atoms with Gasteiger partial charge >= 0.3 is 0 Å². The van der Waals surface area contributed by atoms with Crippen molar-refractivity contribution < 1.29 is 0 Å². The maximum atomic E-state index is 4.60. The second kappa shape index (κ2) is 6.24. The van der Waals surface area contributed by atoms with Crippen molar-refractivity contribution in [1.29, 1.82) is 0 Å². The van der Waals surface area contributed by atoms with Gasteiger partial charge in [0.2, 0.25) is 17.8 Å². The minimum atomic E-state index is -0.0962. The lowest BCUT2D eigenvalue weighted by Crippen LogP contribution is -2.44. The molecule has 7 heteroatoms. The van der Waals surface area contributed by atoms with Crippen molar-refractivity contribution in [3.8, 4) is 0 Å². The van der Waals surface area contributed by atoms with Gasteiger partial charge in [0, 0.05) is 37.3 Å². The van der Waals surface area contributed by atoms with Crippen LogP contribution in [0.3, 0.4) is 0 Å². The highest BCUT2D eigenvalue weighted by Gasteiger charge is 2.20. The highest BCUT2D eigenvalue weighted by Crippen LogP contribution is 2.19. The van der Waals surface area contributed by atoms with Gasteiger partial charge in [-0.3, -0.25) is 0 Å². The molecule has 1 aromatic heterocycles. The van der Waals surface area contributed by atoms with Crippen LogP contribution in [-0.2, 0) is 0 Å². The summed E-state index contributed by atoms with van der Waals surface area (Å²) in [5.41, 5.74) is -0.192. The number of nitrogens with one attached hydrogen (secondary N) is 3. The summed E-state index contributed by atoms with van der Waals surface area (Å²) in [5, 5.41) is 10.0. The van der Waals surface area contributed by atoms with Crippen LogP contribution in [0.15, 0.2) is 0 Å². The number of anilines is 3. The van der Waals surface area contributed by atoms with E-state index >= 15 is 0 Å². The molecule has 1 fully saturated rings. The molecular formula is C15H29N7. The van der Waals surface area contributed by atoms with Crippen molar-refractivity contribution in [2.24, 2.45) is 0 Å². The van der Waals surface area contributed by atoms with E-state index in [1.165, 1.54) is 0 Å². The summed E-state index contributed by atoms with van der Waals surface area (Å²) in [5.74, 6) is 1.96. The van der Waals surface area contributed by atoms with Crippen LogP contribution in [0.25, 0.3) is 0 Å². The molecule has 0 radical (unpaired) electrons. The Morgan fingerprint density at radius 2 is 1.27 bits per heavy atom. The first-order valence-electron chi connectivity index (χ1n) is 7.90. The van der Waals surface area contributed by atoms with Gasteiger partial charge in [-0.1, -0.05) is 0 Å². The lowest BCUT2D eigenvalue weighted by molar-refractivity contribution is 0.575. The number of hydrogen-bond donors (Lipinski definition) is 3. The zero-order valence-corrected chi connectivity index (χ0v) is 14.6. The molecule has 124 valence electrons. The Morgan fingerprint density at radius 1 is 0.818 bits per heavy atom. The molecule has 0 saturated carbocycles. The van der Waals surface area contributed by atoms with Gasteiger partial charge in [-0.15, -0.1) is 0 Å². The monoisotopic (exact) mass is 307 g/mol. The smallest absolute Gasteiger partial charge is 0.232 e. The van der Waals surface area contributed by atoms with Crippen molar-refractivity contribution in [3.05, 3.63) is 0 Å². The van der Waals surface area contributed by atoms with Crippen molar-refractivity contribution in [2.45, 2.75) is 52.6 Å². The number of piperazine rings is 1. The second-order valence-corrected chi connectivity index (χ2v) is 7.77. The summed E-state index contributed by atoms with van der Waals surface area (Å²) < 4.78 is 0. The highest BCUT2D eigenvalue weighted by molar-refractivity contribution is 5.45. The van der Waals surface area contributed by atoms with Gasteiger partial charge in [-0.2, -0.15) is 15.0 Å². The lowest BCUT2D eigenvalue weighted by atomic mass is 10.1. The fourth-order valence-electron chi connectivity index (χ4n) is 2.15. The summed E-state index contributed by atoms with van der Waals surface area (Å²) in [6.07, 6.45) is 0. The van der Waals surface area contributed by atoms with Crippen LogP contribution >= 0.6 is 0 Å². The highest BCUT2D eigenvalue weighted by atomic mass is 15.3. The molecule has 0 aliphatic carbocycles. The zero-order valence-electron chi connectivity index (χ0n) is 14.6. The minimum Gasteiger partial charge on any atom is -0.349 e. The van der Waals surface area contributed by atoms with Crippen molar-refractivity contribution in [3.63, 3.8) is 0 Å². The molecule has 22 heavy (non-hydrogen) atoms. The van der Waals surface area contributed by atoms with Crippen LogP contribution in [0.1, 0.15) is 41.5 Å². The van der Waals surface area contributed by atoms with E-state index in [2.05, 4.69) is 77.3 Å². The molecule has 0 unspecified atom stereocenters. The number of rotatable bonds is 3. The Bertz CT molecular complexity index is 461. The molecule has 0 atom stereocenters. The fourth-order valence-corrected chi connectivity index (χ4v) is 2.15. The Labute approximate surface area is 133 Å². The molecule has 1 saturated heterocycles. The van der Waals surface area contributed by atoms with Gasteiger partial charge in [0.15, 0.2) is 0 Å². The maximum absolute atomic E-state index is 4.60. The third-order valence-electron chi connectivity index (χ3n) is 3.00. The quantitative estimate of drug-likeness (QED) is 0.784. The van der Waals surface area contributed by atoms with Crippen LogP contribution in [0, 0.1) is 0 Å². The average Bonchev–Trinajstić information content (AvgIpc) is 2.35. The van der Waals surface area contributed by atoms with E-state index in [0.717, 1.165) is 32.1 Å². The molecule has 7 nitrogen and oxygen atoms in total. The van der Waals surface area contributed by atoms with Crippen molar-refractivity contribution in [2.75, 3.05) is 41.7 Å². The van der Waals surface area contributed by atoms with Gasteiger partial charge in [0.1, 0.15) is 0 Å². The van der Waals surface area contributed by atoms with E-state index in [-0.39, 0.29) is 11.1 Å². The van der Waals surface area contributed by atoms with Crippen molar-refractivity contribution >= 4 is 17.8 Å². The molecule has 1 aliphatic heterocycles. The first-order valence-corrected chi connectivity index (χ1v) is 7.90. The first-order chi connectivity index (χ1) is 10.1. The first kappa shape index (κ1) is 16.7. The molecule has 1 aliphatic rings. The van der Waals surface area contributed by atoms with Gasteiger partial charge in [-0.25, -0.2) is 0 Å². The molecule has 0 spiro atoms. The second-order valence-electron chi connectivity index (χ2n) is 7.77. The Balaban J connectivity index is 2.30. The summed E-state index contributed by atoms with van der Waals surface area (Å²) in [7, 11) is 0. The van der Waals surface area contributed by atoms with E-state index in [0.29, 0.717) is 11.9 Å². The lowest BCUT2D eigenvalue weighted by Gasteiger charge is -2.29. The SMILES string of the molecule is CC(C)(C)Nc1nc(NC(C)(C)C)nc(N2CCNCC2)n1. The van der Waals surface area contributed by atoms with Crippen molar-refractivity contribution in [1.82, 2.24) is 20.3 Å². The average molecular weight is 307 g/mol. The van der Waals surface area contributed by atoms with Gasteiger partial charge in [-0.05, 0) is 41.5 Å². The van der Waals surface area contributed by atoms with Crippen LogP contribution in [-0.4, -0.2) is 52.2 Å². The summed E-state index contributed by atoms with van der Waals surface area (Å²) in [6, 6.07) is 0. The Hall–Kier alpha value is -1.63. The minimum absolute atomic E-state index is 0.0962. The largest absolute Gasteiger partial charge is 0.349 e. The molecule has 3 N–H and O–H groups in total. The molecule has 0 amide bonds. The Morgan fingerprint density at radius 3 is 1.68 bits per heavy atom. The van der Waals surface area contributed by atoms with E-state index in [1.54, 1.807) is 0 Å². The molecule has 1 aromatic rings. The fraction of sp³-hybridized carbons (Fsp3) is 0.800. The predicted molar refractivity (Wildman–Crippen MR) is 91.7 cm³/mol. The van der Waals surface area contributed by atoms with E-state index in [4.69, 9.17) is 0 Å². The molecule has 2 heterocycles. The predicted octanol–water partition coefficient (Wildman–Crippen LogP) is 1.70. The number of nitrogens with zero attached hydrogens (tertiary/aromatic N) is 4. The number of hydrogen-bond acceptors (Lipinski definition) is 7. The molecular weight excluding hydrogens is 278 g/mol. The summed E-state index contributed by atoms with van der Waals surface area (Å²) in [6.45, 7) is 16.3. The molecule has 2 rings (SSSR count). The van der Waals surface area contributed by atoms with Gasteiger partial charge in [0.05, 0.1) is 0 Å². The molecule has 0 aromatic carbocycles. The van der Waals surface area contributed by atoms with Gasteiger partial charge < -0.3 is 20.9 Å². The van der Waals surface area contributed by atoms with E-state index < -0.39 is 0 Å². The van der Waals surface area contributed by atoms with Gasteiger partial charge in [0.25, 0.3) is 0 Å². The topological polar surface area (TPSA) is 78.0 Å². The maximum Gasteiger partial charge on any atom is 0.232 e. The van der Waals surface area contributed by atoms with E-state index in [1.807, 2.05) is 0 Å². The van der Waals surface area contributed by atoms with Crippen LogP contribution in [0.2, 0.25) is 0 Å². The third kappa shape index (κ3) is 5.29. The standard InChI is InChI=1S/C15H29N7/c1-14(2,3)20-11-17-12(21-15(4,5)6)19-13(18-11)22-9-7-16-8-10-22/h16H,7-10H2,1-6H3,(H2,17,18,19,20,21). The van der Waals surface area contributed by atoms with Crippen LogP contribution in [0.4, 0.5) is 17.8 Å². The number of aromatic nitrogens is 3.